The zero-order chi connectivity index (χ0) is 17.2. The van der Waals surface area contributed by atoms with Crippen molar-refractivity contribution in [3.8, 4) is 0 Å². The first-order valence-electron chi connectivity index (χ1n) is 8.62. The number of furan rings is 1. The van der Waals surface area contributed by atoms with E-state index in [1.807, 2.05) is 36.4 Å². The van der Waals surface area contributed by atoms with E-state index in [-0.39, 0.29) is 11.9 Å². The topological polar surface area (TPSA) is 49.1 Å². The minimum atomic E-state index is -0.145. The third-order valence-electron chi connectivity index (χ3n) is 4.76. The molecule has 0 radical (unpaired) electrons. The first-order chi connectivity index (χ1) is 12.2. The van der Waals surface area contributed by atoms with Crippen molar-refractivity contribution >= 4 is 23.2 Å². The Morgan fingerprint density at radius 1 is 1.24 bits per heavy atom. The van der Waals surface area contributed by atoms with Gasteiger partial charge in [0, 0.05) is 11.4 Å². The summed E-state index contributed by atoms with van der Waals surface area (Å²) in [5, 5.41) is 6.87. The SMILES string of the molecule is O=C(CN1CCCC1)N1N=C(c2ccco2)C[C@@H]1c1cccc(Cl)c1. The monoisotopic (exact) mass is 357 g/mol. The number of likely N-dealkylation sites (tertiary alicyclic amines) is 1. The molecule has 3 heterocycles. The van der Waals surface area contributed by atoms with Crippen LogP contribution in [0.5, 0.6) is 0 Å². The Morgan fingerprint density at radius 3 is 2.80 bits per heavy atom. The first-order valence-corrected chi connectivity index (χ1v) is 9.00. The third-order valence-corrected chi connectivity index (χ3v) is 5.00. The van der Waals surface area contributed by atoms with Crippen LogP contribution in [0, 0.1) is 0 Å². The van der Waals surface area contributed by atoms with Crippen molar-refractivity contribution in [3.63, 3.8) is 0 Å². The predicted octanol–water partition coefficient (Wildman–Crippen LogP) is 3.71. The number of benzene rings is 1. The average molecular weight is 358 g/mol. The lowest BCUT2D eigenvalue weighted by atomic mass is 10.0. The van der Waals surface area contributed by atoms with Crippen LogP contribution in [0.15, 0.2) is 52.2 Å². The van der Waals surface area contributed by atoms with Gasteiger partial charge in [-0.05, 0) is 55.8 Å². The zero-order valence-electron chi connectivity index (χ0n) is 13.9. The Morgan fingerprint density at radius 2 is 2.08 bits per heavy atom. The van der Waals surface area contributed by atoms with E-state index >= 15 is 0 Å². The van der Waals surface area contributed by atoms with Gasteiger partial charge in [0.25, 0.3) is 5.91 Å². The molecular formula is C19H20ClN3O2. The quantitative estimate of drug-likeness (QED) is 0.838. The van der Waals surface area contributed by atoms with Crippen molar-refractivity contribution < 1.29 is 9.21 Å². The third kappa shape index (κ3) is 3.48. The number of carbonyl (C=O) groups excluding carboxylic acids is 1. The van der Waals surface area contributed by atoms with Gasteiger partial charge in [-0.25, -0.2) is 5.01 Å². The van der Waals surface area contributed by atoms with Crippen LogP contribution in [0.1, 0.15) is 36.6 Å². The highest BCUT2D eigenvalue weighted by Crippen LogP contribution is 2.34. The van der Waals surface area contributed by atoms with E-state index in [4.69, 9.17) is 16.0 Å². The number of nitrogens with zero attached hydrogens (tertiary/aromatic N) is 3. The molecule has 5 nitrogen and oxygen atoms in total. The number of hydrazone groups is 1. The molecule has 0 N–H and O–H groups in total. The molecule has 1 aromatic heterocycles. The van der Waals surface area contributed by atoms with Crippen molar-refractivity contribution in [3.05, 3.63) is 59.0 Å². The van der Waals surface area contributed by atoms with Gasteiger partial charge in [-0.1, -0.05) is 23.7 Å². The van der Waals surface area contributed by atoms with Crippen LogP contribution in [0.25, 0.3) is 0 Å². The van der Waals surface area contributed by atoms with Crippen LogP contribution in [-0.2, 0) is 4.79 Å². The molecule has 25 heavy (non-hydrogen) atoms. The van der Waals surface area contributed by atoms with Crippen LogP contribution in [0.4, 0.5) is 0 Å². The Balaban J connectivity index is 1.61. The van der Waals surface area contributed by atoms with Gasteiger partial charge in [-0.15, -0.1) is 0 Å². The Labute approximate surface area is 151 Å². The second-order valence-corrected chi connectivity index (χ2v) is 6.96. The van der Waals surface area contributed by atoms with Gasteiger partial charge in [-0.2, -0.15) is 5.10 Å². The summed E-state index contributed by atoms with van der Waals surface area (Å²) in [6.07, 6.45) is 4.57. The highest BCUT2D eigenvalue weighted by atomic mass is 35.5. The van der Waals surface area contributed by atoms with Gasteiger partial charge in [0.2, 0.25) is 0 Å². The number of hydrogen-bond acceptors (Lipinski definition) is 4. The second kappa shape index (κ2) is 7.02. The van der Waals surface area contributed by atoms with E-state index < -0.39 is 0 Å². The smallest absolute Gasteiger partial charge is 0.257 e. The van der Waals surface area contributed by atoms with Gasteiger partial charge in [0.1, 0.15) is 11.5 Å². The van der Waals surface area contributed by atoms with E-state index in [0.717, 1.165) is 37.2 Å². The molecule has 1 atom stereocenters. The van der Waals surface area contributed by atoms with E-state index in [2.05, 4.69) is 10.0 Å². The van der Waals surface area contributed by atoms with Gasteiger partial charge < -0.3 is 4.42 Å². The van der Waals surface area contributed by atoms with Crippen LogP contribution in [0.2, 0.25) is 5.02 Å². The van der Waals surface area contributed by atoms with E-state index in [9.17, 15) is 4.79 Å². The van der Waals surface area contributed by atoms with Crippen molar-refractivity contribution in [2.75, 3.05) is 19.6 Å². The molecule has 2 aliphatic rings. The normalized spacial score (nSPS) is 20.9. The Bertz CT molecular complexity index is 782. The fourth-order valence-electron chi connectivity index (χ4n) is 3.51. The summed E-state index contributed by atoms with van der Waals surface area (Å²) in [4.78, 5) is 15.1. The van der Waals surface area contributed by atoms with E-state index in [1.165, 1.54) is 0 Å². The van der Waals surface area contributed by atoms with Gasteiger partial charge in [-0.3, -0.25) is 9.69 Å². The van der Waals surface area contributed by atoms with Crippen LogP contribution in [0.3, 0.4) is 0 Å². The molecule has 0 saturated carbocycles. The fourth-order valence-corrected chi connectivity index (χ4v) is 3.71. The molecule has 1 saturated heterocycles. The van der Waals surface area contributed by atoms with Crippen LogP contribution in [-0.4, -0.2) is 41.2 Å². The zero-order valence-corrected chi connectivity index (χ0v) is 14.7. The molecule has 2 aliphatic heterocycles. The summed E-state index contributed by atoms with van der Waals surface area (Å²) < 4.78 is 5.48. The van der Waals surface area contributed by atoms with Gasteiger partial charge in [0.15, 0.2) is 0 Å². The molecule has 1 aromatic carbocycles. The summed E-state index contributed by atoms with van der Waals surface area (Å²) >= 11 is 6.16. The number of halogens is 1. The van der Waals surface area contributed by atoms with Crippen LogP contribution >= 0.6 is 11.6 Å². The molecular weight excluding hydrogens is 338 g/mol. The van der Waals surface area contributed by atoms with Crippen molar-refractivity contribution in [1.29, 1.82) is 0 Å². The second-order valence-electron chi connectivity index (χ2n) is 6.52. The summed E-state index contributed by atoms with van der Waals surface area (Å²) in [6.45, 7) is 2.37. The van der Waals surface area contributed by atoms with Crippen LogP contribution < -0.4 is 0 Å². The molecule has 2 aromatic rings. The number of amides is 1. The lowest BCUT2D eigenvalue weighted by Gasteiger charge is -2.24. The number of rotatable bonds is 4. The Kier molecular flexibility index (Phi) is 4.59. The van der Waals surface area contributed by atoms with Gasteiger partial charge >= 0.3 is 0 Å². The van der Waals surface area contributed by atoms with E-state index in [1.54, 1.807) is 11.3 Å². The number of hydrogen-bond donors (Lipinski definition) is 0. The van der Waals surface area contributed by atoms with Crippen molar-refractivity contribution in [2.24, 2.45) is 5.10 Å². The molecule has 1 amide bonds. The molecule has 130 valence electrons. The average Bonchev–Trinajstić information content (AvgIpc) is 3.35. The highest BCUT2D eigenvalue weighted by Gasteiger charge is 2.34. The molecule has 1 fully saturated rings. The molecule has 0 spiro atoms. The number of carbonyl (C=O) groups is 1. The molecule has 0 unspecified atom stereocenters. The minimum Gasteiger partial charge on any atom is -0.463 e. The lowest BCUT2D eigenvalue weighted by molar-refractivity contribution is -0.134. The van der Waals surface area contributed by atoms with E-state index in [0.29, 0.717) is 23.7 Å². The predicted molar refractivity (Wildman–Crippen MR) is 96.6 cm³/mol. The molecule has 0 bridgehead atoms. The highest BCUT2D eigenvalue weighted by molar-refractivity contribution is 6.30. The summed E-state index contributed by atoms with van der Waals surface area (Å²) in [6, 6.07) is 11.2. The lowest BCUT2D eigenvalue weighted by Crippen LogP contribution is -2.36. The maximum Gasteiger partial charge on any atom is 0.257 e. The van der Waals surface area contributed by atoms with Gasteiger partial charge in [0.05, 0.1) is 18.8 Å². The van der Waals surface area contributed by atoms with Crippen molar-refractivity contribution in [2.45, 2.75) is 25.3 Å². The molecule has 6 heteroatoms. The summed E-state index contributed by atoms with van der Waals surface area (Å²) in [5.41, 5.74) is 1.79. The standard InChI is InChI=1S/C19H20ClN3O2/c20-15-6-3-5-14(11-15)17-12-16(18-7-4-10-25-18)21-23(17)19(24)13-22-8-1-2-9-22/h3-7,10-11,17H,1-2,8-9,12-13H2/t17-/m1/s1. The Hall–Kier alpha value is -2.11. The maximum absolute atomic E-state index is 12.9. The van der Waals surface area contributed by atoms with Crippen molar-refractivity contribution in [1.82, 2.24) is 9.91 Å². The molecule has 4 rings (SSSR count). The maximum atomic E-state index is 12.9. The summed E-state index contributed by atoms with van der Waals surface area (Å²) in [5.74, 6) is 0.733. The summed E-state index contributed by atoms with van der Waals surface area (Å²) in [7, 11) is 0. The largest absolute Gasteiger partial charge is 0.463 e. The molecule has 0 aliphatic carbocycles. The first kappa shape index (κ1) is 16.4. The fraction of sp³-hybridized carbons (Fsp3) is 0.368. The minimum absolute atomic E-state index is 0.0217.